The quantitative estimate of drug-likeness (QED) is 0.896. The smallest absolute Gasteiger partial charge is 0.161 e. The van der Waals surface area contributed by atoms with Gasteiger partial charge in [0.1, 0.15) is 12.0 Å². The summed E-state index contributed by atoms with van der Waals surface area (Å²) < 4.78 is 24.2. The molecule has 1 heterocycles. The molecule has 24 heavy (non-hydrogen) atoms. The third kappa shape index (κ3) is 2.39. The monoisotopic (exact) mass is 327 g/mol. The molecular formula is C18H18FN3O2. The lowest BCUT2D eigenvalue weighted by atomic mass is 10.1. The maximum absolute atomic E-state index is 13.4. The molecular weight excluding hydrogens is 309 g/mol. The van der Waals surface area contributed by atoms with Crippen LogP contribution in [0.1, 0.15) is 17.5 Å². The summed E-state index contributed by atoms with van der Waals surface area (Å²) in [5, 5.41) is 0. The molecule has 0 saturated heterocycles. The number of methoxy groups -OCH3 is 2. The number of rotatable bonds is 3. The molecule has 4 rings (SSSR count). The van der Waals surface area contributed by atoms with E-state index in [1.807, 2.05) is 18.2 Å². The number of aliphatic imine (C=N–C) groups is 1. The minimum absolute atomic E-state index is 0.166. The van der Waals surface area contributed by atoms with Crippen molar-refractivity contribution >= 4 is 11.4 Å². The molecule has 0 bridgehead atoms. The van der Waals surface area contributed by atoms with Crippen LogP contribution in [0.2, 0.25) is 0 Å². The summed E-state index contributed by atoms with van der Waals surface area (Å²) in [6.07, 6.45) is 6.00. The van der Waals surface area contributed by atoms with E-state index >= 15 is 0 Å². The van der Waals surface area contributed by atoms with Gasteiger partial charge >= 0.3 is 0 Å². The van der Waals surface area contributed by atoms with Crippen molar-refractivity contribution in [3.8, 4) is 11.5 Å². The van der Waals surface area contributed by atoms with Crippen LogP contribution in [0.15, 0.2) is 46.8 Å². The second-order valence-electron chi connectivity index (χ2n) is 5.86. The zero-order valence-corrected chi connectivity index (χ0v) is 13.5. The average molecular weight is 327 g/mol. The summed E-state index contributed by atoms with van der Waals surface area (Å²) in [5.41, 5.74) is 11.4. The minimum atomic E-state index is -0.216. The van der Waals surface area contributed by atoms with Crippen molar-refractivity contribution in [3.63, 3.8) is 0 Å². The Morgan fingerprint density at radius 1 is 1.21 bits per heavy atom. The standard InChI is InChI=1S/C18H18FN3O2/c1-23-15-7-10-6-14-17(13(10)9-16(15)24-2)21-22-18(14)20-12-5-3-4-11(19)8-12/h3,5,7-9,18,21-22H,4,6H2,1-2H3/b20-12-. The van der Waals surface area contributed by atoms with E-state index in [1.54, 1.807) is 20.3 Å². The third-order valence-electron chi connectivity index (χ3n) is 4.43. The Labute approximate surface area is 139 Å². The highest BCUT2D eigenvalue weighted by atomic mass is 19.1. The van der Waals surface area contributed by atoms with Crippen molar-refractivity contribution in [1.29, 1.82) is 0 Å². The van der Waals surface area contributed by atoms with E-state index in [0.29, 0.717) is 23.6 Å². The van der Waals surface area contributed by atoms with Crippen LogP contribution >= 0.6 is 0 Å². The minimum Gasteiger partial charge on any atom is -0.493 e. The summed E-state index contributed by atoms with van der Waals surface area (Å²) in [5.74, 6) is 1.25. The van der Waals surface area contributed by atoms with Gasteiger partial charge in [-0.25, -0.2) is 9.82 Å². The average Bonchev–Trinajstić information content (AvgIpc) is 3.13. The molecule has 0 spiro atoms. The van der Waals surface area contributed by atoms with Crippen molar-refractivity contribution in [2.45, 2.75) is 19.0 Å². The number of ether oxygens (including phenoxy) is 2. The van der Waals surface area contributed by atoms with Crippen LogP contribution in [0.4, 0.5) is 4.39 Å². The Morgan fingerprint density at radius 2 is 2.00 bits per heavy atom. The van der Waals surface area contributed by atoms with Gasteiger partial charge in [-0.2, -0.15) is 0 Å². The Hall–Kier alpha value is -2.60. The Balaban J connectivity index is 1.67. The van der Waals surface area contributed by atoms with Gasteiger partial charge in [-0.15, -0.1) is 0 Å². The third-order valence-corrected chi connectivity index (χ3v) is 4.43. The second kappa shape index (κ2) is 5.79. The van der Waals surface area contributed by atoms with Crippen LogP contribution in [0.25, 0.3) is 5.70 Å². The molecule has 5 nitrogen and oxygen atoms in total. The van der Waals surface area contributed by atoms with Crippen LogP contribution in [-0.2, 0) is 6.42 Å². The summed E-state index contributed by atoms with van der Waals surface area (Å²) in [6, 6.07) is 3.97. The van der Waals surface area contributed by atoms with E-state index in [0.717, 1.165) is 28.8 Å². The highest BCUT2D eigenvalue weighted by Gasteiger charge is 2.33. The molecule has 0 fully saturated rings. The molecule has 0 amide bonds. The van der Waals surface area contributed by atoms with Gasteiger partial charge in [-0.05, 0) is 35.4 Å². The van der Waals surface area contributed by atoms with Crippen LogP contribution < -0.4 is 20.3 Å². The van der Waals surface area contributed by atoms with Gasteiger partial charge in [0, 0.05) is 18.4 Å². The molecule has 2 aliphatic carbocycles. The predicted molar refractivity (Wildman–Crippen MR) is 90.6 cm³/mol. The maximum atomic E-state index is 13.4. The van der Waals surface area contributed by atoms with E-state index in [1.165, 1.54) is 6.08 Å². The first-order valence-electron chi connectivity index (χ1n) is 7.80. The molecule has 1 unspecified atom stereocenters. The fourth-order valence-electron chi connectivity index (χ4n) is 3.27. The van der Waals surface area contributed by atoms with Gasteiger partial charge in [0.2, 0.25) is 0 Å². The largest absolute Gasteiger partial charge is 0.493 e. The highest BCUT2D eigenvalue weighted by Crippen LogP contribution is 2.41. The number of benzene rings is 1. The van der Waals surface area contributed by atoms with Crippen molar-refractivity contribution in [1.82, 2.24) is 10.9 Å². The molecule has 2 N–H and O–H groups in total. The molecule has 1 aliphatic heterocycles. The Morgan fingerprint density at radius 3 is 2.75 bits per heavy atom. The fourth-order valence-corrected chi connectivity index (χ4v) is 3.27. The van der Waals surface area contributed by atoms with E-state index in [2.05, 4.69) is 15.8 Å². The summed E-state index contributed by atoms with van der Waals surface area (Å²) >= 11 is 0. The SMILES string of the molecule is COc1cc2c(cc1OC)C1=C(C2)C(/N=C2/C=CCC(F)=C2)NN1. The number of allylic oxidation sites excluding steroid dienone is 4. The van der Waals surface area contributed by atoms with E-state index in [-0.39, 0.29) is 12.0 Å². The number of fused-ring (bicyclic) bond motifs is 2. The molecule has 6 heteroatoms. The molecule has 3 aliphatic rings. The molecule has 0 saturated carbocycles. The number of halogens is 1. The van der Waals surface area contributed by atoms with Crippen molar-refractivity contribution in [2.24, 2.45) is 4.99 Å². The predicted octanol–water partition coefficient (Wildman–Crippen LogP) is 2.66. The normalized spacial score (nSPS) is 23.0. The highest BCUT2D eigenvalue weighted by molar-refractivity contribution is 6.05. The van der Waals surface area contributed by atoms with Crippen LogP contribution in [-0.4, -0.2) is 26.1 Å². The summed E-state index contributed by atoms with van der Waals surface area (Å²) in [7, 11) is 3.26. The first kappa shape index (κ1) is 15.0. The number of hydrogen-bond donors (Lipinski definition) is 2. The lowest BCUT2D eigenvalue weighted by molar-refractivity contribution is 0.354. The molecule has 1 aromatic rings. The molecule has 1 atom stereocenters. The summed E-state index contributed by atoms with van der Waals surface area (Å²) in [6.45, 7) is 0. The van der Waals surface area contributed by atoms with Crippen LogP contribution in [0, 0.1) is 0 Å². The zero-order chi connectivity index (χ0) is 16.7. The van der Waals surface area contributed by atoms with E-state index < -0.39 is 0 Å². The number of nitrogens with one attached hydrogen (secondary N) is 2. The van der Waals surface area contributed by atoms with Crippen molar-refractivity contribution < 1.29 is 13.9 Å². The van der Waals surface area contributed by atoms with Gasteiger partial charge in [0.25, 0.3) is 0 Å². The van der Waals surface area contributed by atoms with Gasteiger partial charge < -0.3 is 14.9 Å². The van der Waals surface area contributed by atoms with Gasteiger partial charge in [-0.1, -0.05) is 6.08 Å². The van der Waals surface area contributed by atoms with Crippen molar-refractivity contribution in [3.05, 3.63) is 52.9 Å². The molecule has 0 radical (unpaired) electrons. The second-order valence-corrected chi connectivity index (χ2v) is 5.86. The van der Waals surface area contributed by atoms with Gasteiger partial charge in [-0.3, -0.25) is 4.99 Å². The maximum Gasteiger partial charge on any atom is 0.161 e. The topological polar surface area (TPSA) is 54.9 Å². The van der Waals surface area contributed by atoms with Crippen LogP contribution in [0.3, 0.4) is 0 Å². The Kier molecular flexibility index (Phi) is 3.61. The number of nitrogens with zero attached hydrogens (tertiary/aromatic N) is 1. The van der Waals surface area contributed by atoms with Crippen molar-refractivity contribution in [2.75, 3.05) is 14.2 Å². The van der Waals surface area contributed by atoms with Gasteiger partial charge in [0.15, 0.2) is 11.5 Å². The molecule has 1 aromatic carbocycles. The first-order chi connectivity index (χ1) is 11.7. The van der Waals surface area contributed by atoms with Gasteiger partial charge in [0.05, 0.1) is 25.6 Å². The van der Waals surface area contributed by atoms with Crippen LogP contribution in [0.5, 0.6) is 11.5 Å². The first-order valence-corrected chi connectivity index (χ1v) is 7.80. The molecule has 0 aromatic heterocycles. The van der Waals surface area contributed by atoms with E-state index in [9.17, 15) is 4.39 Å². The lowest BCUT2D eigenvalue weighted by Crippen LogP contribution is -2.33. The molecule has 124 valence electrons. The fraction of sp³-hybridized carbons (Fsp3) is 0.278. The lowest BCUT2D eigenvalue weighted by Gasteiger charge is -2.14. The number of hydrogen-bond acceptors (Lipinski definition) is 5. The van der Waals surface area contributed by atoms with E-state index in [4.69, 9.17) is 9.47 Å². The zero-order valence-electron chi connectivity index (χ0n) is 13.5. The summed E-state index contributed by atoms with van der Waals surface area (Å²) in [4.78, 5) is 4.62. The Bertz CT molecular complexity index is 824. The number of hydrazine groups is 1.